The zero-order valence-electron chi connectivity index (χ0n) is 24.4. The zero-order chi connectivity index (χ0) is 31.3. The minimum absolute atomic E-state index is 0.102. The molecule has 1 N–H and O–H groups in total. The average Bonchev–Trinajstić information content (AvgIpc) is 3.02. The summed E-state index contributed by atoms with van der Waals surface area (Å²) < 4.78 is 44.2. The molecule has 2 aliphatic rings. The summed E-state index contributed by atoms with van der Waals surface area (Å²) in [6.45, 7) is 2.33. The molecular weight excluding hydrogens is 585 g/mol. The van der Waals surface area contributed by atoms with Gasteiger partial charge in [-0.3, -0.25) is 19.5 Å². The summed E-state index contributed by atoms with van der Waals surface area (Å²) >= 11 is 0. The van der Waals surface area contributed by atoms with Gasteiger partial charge in [-0.25, -0.2) is 12.8 Å². The summed E-state index contributed by atoms with van der Waals surface area (Å²) in [6.07, 6.45) is 2.86. The van der Waals surface area contributed by atoms with E-state index < -0.39 is 28.0 Å². The molecule has 0 aliphatic carbocycles. The van der Waals surface area contributed by atoms with Crippen molar-refractivity contribution in [3.63, 3.8) is 0 Å². The van der Waals surface area contributed by atoms with Crippen molar-refractivity contribution < 1.29 is 27.1 Å². The summed E-state index contributed by atoms with van der Waals surface area (Å²) in [5, 5.41) is 11.7. The topological polar surface area (TPSA) is 133 Å². The highest BCUT2D eigenvalue weighted by molar-refractivity contribution is 7.90. The van der Waals surface area contributed by atoms with E-state index in [-0.39, 0.29) is 29.1 Å². The number of hydrogen-bond acceptors (Lipinski definition) is 8. The van der Waals surface area contributed by atoms with E-state index in [1.807, 2.05) is 17.0 Å². The Balaban J connectivity index is 1.07. The molecule has 44 heavy (non-hydrogen) atoms. The SMILES string of the molecule is CS(=O)(=O)c1ccc(OC2CCN(C(=O)c3ccc(C(=O)N[C@@H]4CCN(Cc5ccc(C#N)cc5)C[C@H]4F)nc3)CC2)cc1. The second kappa shape index (κ2) is 13.5. The number of nitrogens with zero attached hydrogens (tertiary/aromatic N) is 4. The van der Waals surface area contributed by atoms with Crippen molar-refractivity contribution >= 4 is 21.7 Å². The molecule has 230 valence electrons. The van der Waals surface area contributed by atoms with Gasteiger partial charge in [-0.2, -0.15) is 5.26 Å². The smallest absolute Gasteiger partial charge is 0.270 e. The largest absolute Gasteiger partial charge is 0.490 e. The number of carbonyl (C=O) groups excluding carboxylic acids is 2. The van der Waals surface area contributed by atoms with Crippen LogP contribution in [-0.2, 0) is 16.4 Å². The predicted molar refractivity (Wildman–Crippen MR) is 161 cm³/mol. The lowest BCUT2D eigenvalue weighted by Gasteiger charge is -2.35. The molecule has 2 amide bonds. The summed E-state index contributed by atoms with van der Waals surface area (Å²) in [5.41, 5.74) is 2.04. The first-order valence-electron chi connectivity index (χ1n) is 14.5. The van der Waals surface area contributed by atoms with Gasteiger partial charge in [-0.15, -0.1) is 0 Å². The van der Waals surface area contributed by atoms with Gasteiger partial charge in [0.05, 0.1) is 28.1 Å². The third-order valence-electron chi connectivity index (χ3n) is 7.96. The quantitative estimate of drug-likeness (QED) is 0.406. The van der Waals surface area contributed by atoms with Gasteiger partial charge >= 0.3 is 0 Å². The number of carbonyl (C=O) groups is 2. The van der Waals surface area contributed by atoms with E-state index >= 15 is 0 Å². The number of nitriles is 1. The molecule has 0 unspecified atom stereocenters. The Bertz CT molecular complexity index is 1620. The molecule has 2 aliphatic heterocycles. The highest BCUT2D eigenvalue weighted by atomic mass is 32.2. The van der Waals surface area contributed by atoms with Crippen molar-refractivity contribution in [1.29, 1.82) is 5.26 Å². The first-order chi connectivity index (χ1) is 21.1. The predicted octanol–water partition coefficient (Wildman–Crippen LogP) is 3.38. The molecule has 5 rings (SSSR count). The molecule has 2 atom stereocenters. The molecule has 3 heterocycles. The van der Waals surface area contributed by atoms with Gasteiger partial charge in [0, 0.05) is 58.0 Å². The molecule has 0 radical (unpaired) electrons. The zero-order valence-corrected chi connectivity index (χ0v) is 25.2. The van der Waals surface area contributed by atoms with Gasteiger partial charge in [0.2, 0.25) is 0 Å². The first kappa shape index (κ1) is 31.1. The van der Waals surface area contributed by atoms with Crippen molar-refractivity contribution in [2.75, 3.05) is 32.4 Å². The summed E-state index contributed by atoms with van der Waals surface area (Å²) in [7, 11) is -3.28. The van der Waals surface area contributed by atoms with Crippen LogP contribution in [0, 0.1) is 11.3 Å². The Labute approximate surface area is 256 Å². The van der Waals surface area contributed by atoms with Crippen LogP contribution >= 0.6 is 0 Å². The van der Waals surface area contributed by atoms with E-state index in [9.17, 15) is 22.4 Å². The number of ether oxygens (including phenoxy) is 1. The normalized spacial score (nSPS) is 19.6. The number of hydrogen-bond donors (Lipinski definition) is 1. The fourth-order valence-corrected chi connectivity index (χ4v) is 6.06. The second-order valence-corrected chi connectivity index (χ2v) is 13.2. The number of sulfone groups is 1. The molecule has 10 nitrogen and oxygen atoms in total. The van der Waals surface area contributed by atoms with Crippen LogP contribution < -0.4 is 10.1 Å². The molecule has 2 saturated heterocycles. The summed E-state index contributed by atoms with van der Waals surface area (Å²) in [6, 6.07) is 18.0. The van der Waals surface area contributed by atoms with E-state index in [1.165, 1.54) is 24.4 Å². The molecule has 2 aromatic carbocycles. The molecule has 3 aromatic rings. The number of aromatic nitrogens is 1. The highest BCUT2D eigenvalue weighted by Gasteiger charge is 2.31. The molecule has 0 spiro atoms. The van der Waals surface area contributed by atoms with Crippen LogP contribution in [0.15, 0.2) is 71.8 Å². The third-order valence-corrected chi connectivity index (χ3v) is 9.09. The van der Waals surface area contributed by atoms with E-state index in [2.05, 4.69) is 16.4 Å². The van der Waals surface area contributed by atoms with E-state index in [0.717, 1.165) is 11.8 Å². The standard InChI is InChI=1S/C32H34FN5O5S/c1-44(41,42)27-9-7-25(8-10-27)43-26-12-16-38(17-13-26)32(40)24-6-11-30(35-19-24)31(39)36-29-14-15-37(21-28(29)33)20-23-4-2-22(18-34)3-5-23/h2-11,19,26,28-29H,12-17,20-21H2,1H3,(H,36,39)/t28-,29-/m1/s1. The lowest BCUT2D eigenvalue weighted by atomic mass is 10.0. The fourth-order valence-electron chi connectivity index (χ4n) is 5.43. The number of alkyl halides is 1. The van der Waals surface area contributed by atoms with Crippen LogP contribution in [0.4, 0.5) is 4.39 Å². The van der Waals surface area contributed by atoms with Gasteiger partial charge in [-0.1, -0.05) is 12.1 Å². The van der Waals surface area contributed by atoms with Gasteiger partial charge in [0.15, 0.2) is 9.84 Å². The Kier molecular flexibility index (Phi) is 9.56. The number of amides is 2. The minimum Gasteiger partial charge on any atom is -0.490 e. The molecule has 1 aromatic heterocycles. The third kappa shape index (κ3) is 7.78. The van der Waals surface area contributed by atoms with Crippen molar-refractivity contribution in [1.82, 2.24) is 20.1 Å². The number of halogens is 1. The molecular formula is C32H34FN5O5S. The van der Waals surface area contributed by atoms with Crippen LogP contribution in [0.5, 0.6) is 5.75 Å². The fraction of sp³-hybridized carbons (Fsp3) is 0.375. The molecule has 2 fully saturated rings. The Morgan fingerprint density at radius 2 is 1.73 bits per heavy atom. The van der Waals surface area contributed by atoms with Crippen LogP contribution in [0.2, 0.25) is 0 Å². The van der Waals surface area contributed by atoms with E-state index in [1.54, 1.807) is 35.2 Å². The van der Waals surface area contributed by atoms with Crippen LogP contribution in [0.1, 0.15) is 51.2 Å². The van der Waals surface area contributed by atoms with E-state index in [4.69, 9.17) is 10.00 Å². The number of rotatable bonds is 8. The second-order valence-electron chi connectivity index (χ2n) is 11.2. The van der Waals surface area contributed by atoms with Crippen molar-refractivity contribution in [3.05, 3.63) is 89.2 Å². The molecule has 12 heteroatoms. The monoisotopic (exact) mass is 619 g/mol. The summed E-state index contributed by atoms with van der Waals surface area (Å²) in [5.74, 6) is -0.105. The van der Waals surface area contributed by atoms with Crippen LogP contribution in [-0.4, -0.2) is 85.8 Å². The van der Waals surface area contributed by atoms with Crippen molar-refractivity contribution in [2.24, 2.45) is 0 Å². The summed E-state index contributed by atoms with van der Waals surface area (Å²) in [4.78, 5) is 34.0. The maximum Gasteiger partial charge on any atom is 0.270 e. The number of pyridine rings is 1. The Hall–Kier alpha value is -4.34. The van der Waals surface area contributed by atoms with Crippen LogP contribution in [0.25, 0.3) is 0 Å². The molecule has 0 bridgehead atoms. The van der Waals surface area contributed by atoms with Gasteiger partial charge < -0.3 is 15.0 Å². The Morgan fingerprint density at radius 3 is 2.32 bits per heavy atom. The van der Waals surface area contributed by atoms with Crippen molar-refractivity contribution in [2.45, 2.75) is 49.0 Å². The van der Waals surface area contributed by atoms with E-state index in [0.29, 0.717) is 62.3 Å². The van der Waals surface area contributed by atoms with Gasteiger partial charge in [0.25, 0.3) is 11.8 Å². The maximum absolute atomic E-state index is 15.0. The van der Waals surface area contributed by atoms with Crippen molar-refractivity contribution in [3.8, 4) is 11.8 Å². The molecule has 0 saturated carbocycles. The Morgan fingerprint density at radius 1 is 1.02 bits per heavy atom. The number of piperidine rings is 2. The minimum atomic E-state index is -3.28. The van der Waals surface area contributed by atoms with Crippen LogP contribution in [0.3, 0.4) is 0 Å². The van der Waals surface area contributed by atoms with Gasteiger partial charge in [0.1, 0.15) is 23.7 Å². The number of likely N-dealkylation sites (tertiary alicyclic amines) is 2. The highest BCUT2D eigenvalue weighted by Crippen LogP contribution is 2.22. The average molecular weight is 620 g/mol. The lowest BCUT2D eigenvalue weighted by molar-refractivity contribution is 0.0594. The number of nitrogens with one attached hydrogen (secondary N) is 1. The number of benzene rings is 2. The maximum atomic E-state index is 15.0. The first-order valence-corrected chi connectivity index (χ1v) is 16.4. The van der Waals surface area contributed by atoms with Gasteiger partial charge in [-0.05, 0) is 60.5 Å². The lowest BCUT2D eigenvalue weighted by Crippen LogP contribution is -2.52.